The molecular formula is C23H26N2O3. The van der Waals surface area contributed by atoms with Crippen molar-refractivity contribution in [2.45, 2.75) is 53.4 Å². The van der Waals surface area contributed by atoms with Crippen LogP contribution >= 0.6 is 0 Å². The number of benzene rings is 1. The molecule has 2 heterocycles. The second-order valence-corrected chi connectivity index (χ2v) is 8.73. The number of carbonyl (C=O) groups is 1. The second kappa shape index (κ2) is 6.73. The molecule has 1 aromatic carbocycles. The molecule has 2 aromatic heterocycles. The maximum atomic E-state index is 12.9. The Bertz CT molecular complexity index is 1140. The van der Waals surface area contributed by atoms with Crippen LogP contribution in [0.15, 0.2) is 33.5 Å². The van der Waals surface area contributed by atoms with Gasteiger partial charge < -0.3 is 9.73 Å². The summed E-state index contributed by atoms with van der Waals surface area (Å²) >= 11 is 0. The zero-order chi connectivity index (χ0) is 20.1. The van der Waals surface area contributed by atoms with Gasteiger partial charge in [-0.05, 0) is 42.2 Å². The first-order valence-corrected chi connectivity index (χ1v) is 9.96. The number of anilines is 1. The highest BCUT2D eigenvalue weighted by Crippen LogP contribution is 2.41. The fraction of sp³-hybridized carbons (Fsp3) is 0.435. The summed E-state index contributed by atoms with van der Waals surface area (Å²) in [4.78, 5) is 29.7. The quantitative estimate of drug-likeness (QED) is 0.511. The summed E-state index contributed by atoms with van der Waals surface area (Å²) in [6, 6.07) is 7.61. The molecule has 1 aliphatic carbocycles. The van der Waals surface area contributed by atoms with Gasteiger partial charge in [0.2, 0.25) is 5.91 Å². The summed E-state index contributed by atoms with van der Waals surface area (Å²) in [5.74, 6) is 0.672. The van der Waals surface area contributed by atoms with E-state index in [0.717, 1.165) is 41.3 Å². The van der Waals surface area contributed by atoms with Crippen LogP contribution in [0.25, 0.3) is 21.7 Å². The predicted molar refractivity (Wildman–Crippen MR) is 112 cm³/mol. The van der Waals surface area contributed by atoms with Gasteiger partial charge in [0.05, 0.1) is 0 Å². The lowest BCUT2D eigenvalue weighted by Crippen LogP contribution is -2.28. The topological polar surface area (TPSA) is 72.2 Å². The van der Waals surface area contributed by atoms with Crippen molar-refractivity contribution in [3.05, 3.63) is 45.9 Å². The first-order valence-electron chi connectivity index (χ1n) is 9.96. The predicted octanol–water partition coefficient (Wildman–Crippen LogP) is 4.84. The Morgan fingerprint density at radius 2 is 2.00 bits per heavy atom. The van der Waals surface area contributed by atoms with Crippen LogP contribution in [-0.4, -0.2) is 10.9 Å². The Labute approximate surface area is 164 Å². The molecule has 0 unspecified atom stereocenters. The first-order chi connectivity index (χ1) is 13.3. The molecule has 0 radical (unpaired) electrons. The maximum Gasteiger partial charge on any atom is 0.347 e. The number of hydrogen-bond acceptors (Lipinski definition) is 4. The molecule has 0 spiro atoms. The number of nitrogens with zero attached hydrogens (tertiary/aromatic N) is 1. The molecule has 3 aromatic rings. The van der Waals surface area contributed by atoms with Crippen LogP contribution in [0.4, 0.5) is 5.82 Å². The molecule has 0 saturated heterocycles. The van der Waals surface area contributed by atoms with E-state index in [1.54, 1.807) is 6.92 Å². The van der Waals surface area contributed by atoms with Crippen molar-refractivity contribution in [1.29, 1.82) is 0 Å². The number of pyridine rings is 1. The van der Waals surface area contributed by atoms with Gasteiger partial charge in [0, 0.05) is 22.9 Å². The van der Waals surface area contributed by atoms with Crippen molar-refractivity contribution in [1.82, 2.24) is 4.98 Å². The van der Waals surface area contributed by atoms with Crippen molar-refractivity contribution >= 4 is 33.5 Å². The number of hydrogen-bond donors (Lipinski definition) is 1. The Morgan fingerprint density at radius 3 is 2.71 bits per heavy atom. The van der Waals surface area contributed by atoms with E-state index in [0.29, 0.717) is 29.1 Å². The average molecular weight is 378 g/mol. The molecule has 4 rings (SSSR count). The number of carbonyl (C=O) groups excluding carboxylic acids is 1. The lowest BCUT2D eigenvalue weighted by atomic mass is 9.71. The van der Waals surface area contributed by atoms with E-state index in [4.69, 9.17) is 9.40 Å². The Kier molecular flexibility index (Phi) is 4.48. The molecular weight excluding hydrogens is 352 g/mol. The van der Waals surface area contributed by atoms with E-state index in [2.05, 4.69) is 26.1 Å². The van der Waals surface area contributed by atoms with Gasteiger partial charge >= 0.3 is 5.63 Å². The lowest BCUT2D eigenvalue weighted by molar-refractivity contribution is -0.115. The zero-order valence-electron chi connectivity index (χ0n) is 16.9. The van der Waals surface area contributed by atoms with Crippen molar-refractivity contribution in [2.75, 3.05) is 5.32 Å². The molecule has 28 heavy (non-hydrogen) atoms. The largest absolute Gasteiger partial charge is 0.422 e. The van der Waals surface area contributed by atoms with Gasteiger partial charge in [0.1, 0.15) is 16.8 Å². The molecule has 1 amide bonds. The lowest BCUT2D eigenvalue weighted by Gasteiger charge is -2.35. The number of rotatable bonds is 2. The summed E-state index contributed by atoms with van der Waals surface area (Å²) in [5, 5.41) is 4.99. The third-order valence-electron chi connectivity index (χ3n) is 5.93. The van der Waals surface area contributed by atoms with Crippen molar-refractivity contribution < 1.29 is 9.21 Å². The van der Waals surface area contributed by atoms with Gasteiger partial charge in [-0.15, -0.1) is 0 Å². The number of fused-ring (bicyclic) bond motifs is 5. The standard InChI is InChI=1S/C23H26N2O3/c1-5-18(26)25-21-20-19(14-8-6-7-9-17(14)28-22(20)27)15-12-13(23(2,3)4)10-11-16(15)24-21/h6-9,13H,5,10-12H2,1-4H3,(H,24,25,26)/t13-/m0/s1. The van der Waals surface area contributed by atoms with Gasteiger partial charge in [0.25, 0.3) is 0 Å². The zero-order valence-corrected chi connectivity index (χ0v) is 16.9. The number of aromatic nitrogens is 1. The average Bonchev–Trinajstić information content (AvgIpc) is 2.66. The van der Waals surface area contributed by atoms with Crippen molar-refractivity contribution in [3.8, 4) is 0 Å². The van der Waals surface area contributed by atoms with Gasteiger partial charge in [-0.25, -0.2) is 9.78 Å². The maximum absolute atomic E-state index is 12.9. The van der Waals surface area contributed by atoms with E-state index in [1.165, 1.54) is 0 Å². The van der Waals surface area contributed by atoms with Crippen molar-refractivity contribution in [3.63, 3.8) is 0 Å². The molecule has 146 valence electrons. The molecule has 1 N–H and O–H groups in total. The summed E-state index contributed by atoms with van der Waals surface area (Å²) in [7, 11) is 0. The minimum absolute atomic E-state index is 0.162. The SMILES string of the molecule is CCC(=O)Nc1nc2c(c3c1c(=O)oc1ccccc13)C[C@@H](C(C)(C)C)CC2. The summed E-state index contributed by atoms with van der Waals surface area (Å²) in [5.41, 5.74) is 2.40. The highest BCUT2D eigenvalue weighted by atomic mass is 16.4. The van der Waals surface area contributed by atoms with E-state index in [9.17, 15) is 9.59 Å². The van der Waals surface area contributed by atoms with Crippen LogP contribution in [0.5, 0.6) is 0 Å². The Morgan fingerprint density at radius 1 is 1.25 bits per heavy atom. The van der Waals surface area contributed by atoms with E-state index >= 15 is 0 Å². The molecule has 0 fully saturated rings. The third kappa shape index (κ3) is 3.09. The highest BCUT2D eigenvalue weighted by Gasteiger charge is 2.32. The fourth-order valence-electron chi connectivity index (χ4n) is 4.22. The van der Waals surface area contributed by atoms with Crippen LogP contribution in [0.1, 0.15) is 51.8 Å². The Hall–Kier alpha value is -2.69. The number of para-hydroxylation sites is 1. The molecule has 1 atom stereocenters. The minimum Gasteiger partial charge on any atom is -0.422 e. The van der Waals surface area contributed by atoms with Gasteiger partial charge in [-0.2, -0.15) is 0 Å². The van der Waals surface area contributed by atoms with Crippen LogP contribution < -0.4 is 10.9 Å². The van der Waals surface area contributed by atoms with Crippen LogP contribution in [-0.2, 0) is 17.6 Å². The molecule has 0 aliphatic heterocycles. The van der Waals surface area contributed by atoms with Gasteiger partial charge in [-0.1, -0.05) is 45.9 Å². The molecule has 5 nitrogen and oxygen atoms in total. The van der Waals surface area contributed by atoms with E-state index in [1.807, 2.05) is 24.3 Å². The summed E-state index contributed by atoms with van der Waals surface area (Å²) in [6.07, 6.45) is 3.09. The van der Waals surface area contributed by atoms with Crippen molar-refractivity contribution in [2.24, 2.45) is 11.3 Å². The van der Waals surface area contributed by atoms with E-state index in [-0.39, 0.29) is 11.3 Å². The molecule has 0 saturated carbocycles. The van der Waals surface area contributed by atoms with Gasteiger partial charge in [-0.3, -0.25) is 4.79 Å². The van der Waals surface area contributed by atoms with E-state index < -0.39 is 5.63 Å². The monoisotopic (exact) mass is 378 g/mol. The van der Waals surface area contributed by atoms with Crippen LogP contribution in [0, 0.1) is 11.3 Å². The fourth-order valence-corrected chi connectivity index (χ4v) is 4.22. The number of nitrogens with one attached hydrogen (secondary N) is 1. The van der Waals surface area contributed by atoms with Crippen LogP contribution in [0.2, 0.25) is 0 Å². The third-order valence-corrected chi connectivity index (χ3v) is 5.93. The molecule has 5 heteroatoms. The summed E-state index contributed by atoms with van der Waals surface area (Å²) in [6.45, 7) is 8.57. The number of amides is 1. The normalized spacial score (nSPS) is 16.9. The first kappa shape index (κ1) is 18.7. The Balaban J connectivity index is 2.07. The molecule has 1 aliphatic rings. The van der Waals surface area contributed by atoms with Crippen LogP contribution in [0.3, 0.4) is 0 Å². The number of aryl methyl sites for hydroxylation is 1. The smallest absolute Gasteiger partial charge is 0.347 e. The summed E-state index contributed by atoms with van der Waals surface area (Å²) < 4.78 is 5.57. The minimum atomic E-state index is -0.451. The highest BCUT2D eigenvalue weighted by molar-refractivity contribution is 6.11. The second-order valence-electron chi connectivity index (χ2n) is 8.73. The molecule has 0 bridgehead atoms. The van der Waals surface area contributed by atoms with Gasteiger partial charge in [0.15, 0.2) is 0 Å².